The number of para-hydroxylation sites is 2. The Bertz CT molecular complexity index is 1290. The molecule has 0 spiro atoms. The molecule has 0 unspecified atom stereocenters. The molecule has 1 atom stereocenters. The van der Waals surface area contributed by atoms with Gasteiger partial charge in [-0.25, -0.2) is 9.78 Å². The second-order valence-corrected chi connectivity index (χ2v) is 6.95. The number of fused-ring (bicyclic) bond motifs is 2. The molecule has 29 heavy (non-hydrogen) atoms. The van der Waals surface area contributed by atoms with Crippen molar-refractivity contribution in [2.45, 2.75) is 33.3 Å². The molecule has 0 amide bonds. The highest BCUT2D eigenvalue weighted by molar-refractivity contribution is 6.05. The van der Waals surface area contributed by atoms with Gasteiger partial charge in [-0.2, -0.15) is 0 Å². The summed E-state index contributed by atoms with van der Waals surface area (Å²) in [5.41, 5.74) is 3.23. The van der Waals surface area contributed by atoms with Crippen molar-refractivity contribution in [2.75, 3.05) is 0 Å². The number of pyridine rings is 1. The third-order valence-electron chi connectivity index (χ3n) is 5.08. The molecule has 1 N–H and O–H groups in total. The smallest absolute Gasteiger partial charge is 0.339 e. The number of carbonyl (C=O) groups is 1. The van der Waals surface area contributed by atoms with E-state index in [1.54, 1.807) is 25.1 Å². The third-order valence-corrected chi connectivity index (χ3v) is 5.08. The molecule has 2 aromatic carbocycles. The number of aromatic nitrogens is 3. The minimum absolute atomic E-state index is 0.257. The average molecular weight is 387 g/mol. The first-order valence-electron chi connectivity index (χ1n) is 9.57. The molecular weight excluding hydrogens is 366 g/mol. The van der Waals surface area contributed by atoms with Crippen molar-refractivity contribution in [3.05, 3.63) is 81.5 Å². The summed E-state index contributed by atoms with van der Waals surface area (Å²) < 4.78 is 5.72. The lowest BCUT2D eigenvalue weighted by atomic mass is 10.0. The summed E-state index contributed by atoms with van der Waals surface area (Å²) in [4.78, 5) is 37.3. The van der Waals surface area contributed by atoms with Gasteiger partial charge < -0.3 is 9.72 Å². The number of hydrogen-bond donors (Lipinski definition) is 1. The van der Waals surface area contributed by atoms with Crippen LogP contribution in [0.4, 0.5) is 0 Å². The Labute approximate surface area is 167 Å². The van der Waals surface area contributed by atoms with Gasteiger partial charge in [0.1, 0.15) is 0 Å². The number of nitrogens with zero attached hydrogens (tertiary/aromatic N) is 2. The summed E-state index contributed by atoms with van der Waals surface area (Å²) in [5, 5.41) is 1.25. The van der Waals surface area contributed by atoms with Crippen molar-refractivity contribution in [2.24, 2.45) is 0 Å². The fourth-order valence-corrected chi connectivity index (χ4v) is 3.54. The zero-order valence-electron chi connectivity index (χ0n) is 16.5. The molecule has 4 rings (SSSR count). The highest BCUT2D eigenvalue weighted by Crippen LogP contribution is 2.26. The number of aryl methyl sites for hydroxylation is 1. The maximum atomic E-state index is 13.1. The molecule has 0 radical (unpaired) electrons. The maximum absolute atomic E-state index is 13.1. The number of benzene rings is 2. The van der Waals surface area contributed by atoms with Crippen LogP contribution in [-0.4, -0.2) is 20.9 Å². The summed E-state index contributed by atoms with van der Waals surface area (Å²) in [7, 11) is 0. The van der Waals surface area contributed by atoms with E-state index >= 15 is 0 Å². The lowest BCUT2D eigenvalue weighted by Gasteiger charge is -2.16. The van der Waals surface area contributed by atoms with Crippen LogP contribution in [-0.2, 0) is 11.2 Å². The van der Waals surface area contributed by atoms with Crippen molar-refractivity contribution in [3.8, 4) is 0 Å². The Morgan fingerprint density at radius 2 is 1.66 bits per heavy atom. The lowest BCUT2D eigenvalue weighted by Crippen LogP contribution is -2.18. The molecule has 0 fully saturated rings. The van der Waals surface area contributed by atoms with Gasteiger partial charge in [-0.05, 0) is 44.0 Å². The van der Waals surface area contributed by atoms with Crippen LogP contribution in [0.2, 0.25) is 0 Å². The third kappa shape index (κ3) is 3.38. The van der Waals surface area contributed by atoms with Crippen molar-refractivity contribution in [3.63, 3.8) is 0 Å². The first-order valence-corrected chi connectivity index (χ1v) is 9.57. The van der Waals surface area contributed by atoms with E-state index in [0.29, 0.717) is 28.7 Å². The van der Waals surface area contributed by atoms with Crippen LogP contribution in [0.5, 0.6) is 0 Å². The van der Waals surface area contributed by atoms with Crippen LogP contribution < -0.4 is 5.56 Å². The highest BCUT2D eigenvalue weighted by atomic mass is 16.5. The van der Waals surface area contributed by atoms with Gasteiger partial charge in [0.25, 0.3) is 5.56 Å². The van der Waals surface area contributed by atoms with Gasteiger partial charge in [-0.3, -0.25) is 9.78 Å². The predicted octanol–water partition coefficient (Wildman–Crippen LogP) is 4.26. The average Bonchev–Trinajstić information content (AvgIpc) is 2.73. The minimum atomic E-state index is -0.712. The quantitative estimate of drug-likeness (QED) is 0.529. The Balaban J connectivity index is 1.73. The maximum Gasteiger partial charge on any atom is 0.339 e. The van der Waals surface area contributed by atoms with Gasteiger partial charge in [0.15, 0.2) is 11.9 Å². The van der Waals surface area contributed by atoms with Crippen molar-refractivity contribution in [1.82, 2.24) is 15.0 Å². The van der Waals surface area contributed by atoms with E-state index in [1.165, 1.54) is 0 Å². The number of nitrogens with one attached hydrogen (secondary N) is 1. The summed E-state index contributed by atoms with van der Waals surface area (Å²) in [6, 6.07) is 14.6. The van der Waals surface area contributed by atoms with Crippen LogP contribution in [0, 0.1) is 6.92 Å². The van der Waals surface area contributed by atoms with E-state index in [4.69, 9.17) is 4.74 Å². The molecule has 2 heterocycles. The molecule has 0 saturated heterocycles. The molecule has 2 aromatic heterocycles. The summed E-state index contributed by atoms with van der Waals surface area (Å²) in [6.07, 6.45) is 0.00249. The second-order valence-electron chi connectivity index (χ2n) is 6.95. The van der Waals surface area contributed by atoms with Crippen LogP contribution >= 0.6 is 0 Å². The molecule has 0 saturated carbocycles. The Morgan fingerprint density at radius 1 is 1.03 bits per heavy atom. The van der Waals surface area contributed by atoms with Gasteiger partial charge in [0.05, 0.1) is 22.0 Å². The molecule has 0 aliphatic carbocycles. The first kappa shape index (κ1) is 18.8. The van der Waals surface area contributed by atoms with Crippen molar-refractivity contribution < 1.29 is 9.53 Å². The van der Waals surface area contributed by atoms with E-state index in [1.807, 2.05) is 44.2 Å². The van der Waals surface area contributed by atoms with E-state index in [0.717, 1.165) is 22.2 Å². The van der Waals surface area contributed by atoms with Crippen LogP contribution in [0.25, 0.3) is 21.8 Å². The molecule has 6 heteroatoms. The zero-order chi connectivity index (χ0) is 20.5. The monoisotopic (exact) mass is 387 g/mol. The molecule has 0 aliphatic rings. The molecule has 6 nitrogen and oxygen atoms in total. The Kier molecular flexibility index (Phi) is 4.84. The van der Waals surface area contributed by atoms with Gasteiger partial charge in [-0.15, -0.1) is 0 Å². The standard InChI is InChI=1S/C23H21N3O3/c1-4-17-13(2)20(15-9-5-7-11-18(15)24-17)23(28)29-14(3)21-25-19-12-8-6-10-16(19)22(27)26-21/h5-12,14H,4H2,1-3H3,(H,25,26,27)/t14-/m0/s1. The van der Waals surface area contributed by atoms with E-state index in [2.05, 4.69) is 15.0 Å². The van der Waals surface area contributed by atoms with E-state index < -0.39 is 12.1 Å². The Hall–Kier alpha value is -3.54. The number of carbonyl (C=O) groups excluding carboxylic acids is 1. The topological polar surface area (TPSA) is 84.9 Å². The molecular formula is C23H21N3O3. The molecule has 0 aliphatic heterocycles. The normalized spacial score (nSPS) is 12.2. The van der Waals surface area contributed by atoms with Gasteiger partial charge in [-0.1, -0.05) is 37.3 Å². The number of esters is 1. The number of hydrogen-bond acceptors (Lipinski definition) is 5. The minimum Gasteiger partial charge on any atom is -0.451 e. The molecule has 146 valence electrons. The summed E-state index contributed by atoms with van der Waals surface area (Å²) in [5.74, 6) is -0.145. The van der Waals surface area contributed by atoms with Crippen LogP contribution in [0.1, 0.15) is 47.4 Å². The summed E-state index contributed by atoms with van der Waals surface area (Å²) >= 11 is 0. The summed E-state index contributed by atoms with van der Waals surface area (Å²) in [6.45, 7) is 5.59. The lowest BCUT2D eigenvalue weighted by molar-refractivity contribution is 0.0321. The SMILES string of the molecule is CCc1nc2ccccc2c(C(=O)O[C@@H](C)c2nc3ccccc3c(=O)[nH]2)c1C. The van der Waals surface area contributed by atoms with Crippen LogP contribution in [0.15, 0.2) is 53.3 Å². The number of ether oxygens (including phenoxy) is 1. The van der Waals surface area contributed by atoms with Gasteiger partial charge in [0.2, 0.25) is 0 Å². The largest absolute Gasteiger partial charge is 0.451 e. The van der Waals surface area contributed by atoms with Crippen molar-refractivity contribution in [1.29, 1.82) is 0 Å². The number of aromatic amines is 1. The molecule has 0 bridgehead atoms. The molecule has 4 aromatic rings. The fraction of sp³-hybridized carbons (Fsp3) is 0.217. The Morgan fingerprint density at radius 3 is 2.34 bits per heavy atom. The van der Waals surface area contributed by atoms with Crippen LogP contribution in [0.3, 0.4) is 0 Å². The second kappa shape index (κ2) is 7.47. The number of H-pyrrole nitrogens is 1. The number of rotatable bonds is 4. The predicted molar refractivity (Wildman–Crippen MR) is 112 cm³/mol. The highest BCUT2D eigenvalue weighted by Gasteiger charge is 2.22. The van der Waals surface area contributed by atoms with E-state index in [9.17, 15) is 9.59 Å². The van der Waals surface area contributed by atoms with E-state index in [-0.39, 0.29) is 5.56 Å². The zero-order valence-corrected chi connectivity index (χ0v) is 16.5. The fourth-order valence-electron chi connectivity index (χ4n) is 3.54. The van der Waals surface area contributed by atoms with Gasteiger partial charge >= 0.3 is 5.97 Å². The van der Waals surface area contributed by atoms with Crippen molar-refractivity contribution >= 4 is 27.8 Å². The first-order chi connectivity index (χ1) is 14.0. The van der Waals surface area contributed by atoms with Gasteiger partial charge in [0, 0.05) is 11.1 Å².